The van der Waals surface area contributed by atoms with Crippen LogP contribution >= 0.6 is 11.3 Å². The van der Waals surface area contributed by atoms with Crippen molar-refractivity contribution in [3.63, 3.8) is 0 Å². The molecule has 6 heteroatoms. The molecule has 0 saturated heterocycles. The third-order valence-corrected chi connectivity index (χ3v) is 9.10. The quantitative estimate of drug-likeness (QED) is 0.207. The van der Waals surface area contributed by atoms with Crippen molar-refractivity contribution in [1.82, 2.24) is 19.9 Å². The van der Waals surface area contributed by atoms with Gasteiger partial charge < -0.3 is 4.42 Å². The van der Waals surface area contributed by atoms with Gasteiger partial charge in [0.1, 0.15) is 5.52 Å². The molecule has 0 saturated carbocycles. The number of benzene rings is 6. The highest BCUT2D eigenvalue weighted by atomic mass is 32.1. The van der Waals surface area contributed by atoms with Crippen LogP contribution in [0.4, 0.5) is 0 Å². The van der Waals surface area contributed by atoms with Gasteiger partial charge in [0.25, 0.3) is 0 Å². The molecule has 0 radical (unpaired) electrons. The van der Waals surface area contributed by atoms with Crippen LogP contribution in [0, 0.1) is 0 Å². The first-order chi connectivity index (χ1) is 21.8. The lowest BCUT2D eigenvalue weighted by Crippen LogP contribution is -2.01. The fourth-order valence-corrected chi connectivity index (χ4v) is 7.04. The Morgan fingerprint density at radius 2 is 1.11 bits per heavy atom. The van der Waals surface area contributed by atoms with Crippen LogP contribution in [0.15, 0.2) is 138 Å². The van der Waals surface area contributed by atoms with E-state index in [4.69, 9.17) is 24.4 Å². The van der Waals surface area contributed by atoms with E-state index in [1.54, 1.807) is 11.3 Å². The molecule has 0 unspecified atom stereocenters. The van der Waals surface area contributed by atoms with E-state index in [0.717, 1.165) is 43.9 Å². The molecule has 0 bridgehead atoms. The van der Waals surface area contributed by atoms with E-state index in [1.165, 1.54) is 14.8 Å². The number of aromatic nitrogens is 4. The van der Waals surface area contributed by atoms with E-state index in [9.17, 15) is 0 Å². The van der Waals surface area contributed by atoms with Gasteiger partial charge in [-0.25, -0.2) is 19.9 Å². The van der Waals surface area contributed by atoms with Crippen LogP contribution in [0.5, 0.6) is 0 Å². The monoisotopic (exact) mass is 582 g/mol. The van der Waals surface area contributed by atoms with Gasteiger partial charge >= 0.3 is 0 Å². The third kappa shape index (κ3) is 4.00. The molecule has 0 atom stereocenters. The van der Waals surface area contributed by atoms with Gasteiger partial charge in [0, 0.05) is 47.8 Å². The normalized spacial score (nSPS) is 11.6. The van der Waals surface area contributed by atoms with Crippen LogP contribution in [-0.4, -0.2) is 19.9 Å². The standard InChI is InChI=1S/C38H22N4OS/c1-3-12-23(13-4-1)35-40-36(28-19-11-21-31-32(28)27-18-9-10-20-30(27)44-31)42-37(41-35)29-22-25-16-7-8-17-26(25)34-33(29)39-38(43-34)24-14-5-2-6-15-24/h1-22H. The number of fused-ring (bicyclic) bond motifs is 6. The Hall–Kier alpha value is -5.72. The molecule has 0 fully saturated rings. The zero-order chi connectivity index (χ0) is 29.0. The lowest BCUT2D eigenvalue weighted by Gasteiger charge is -2.10. The van der Waals surface area contributed by atoms with Crippen molar-refractivity contribution in [2.24, 2.45) is 0 Å². The maximum Gasteiger partial charge on any atom is 0.227 e. The second-order valence-electron chi connectivity index (χ2n) is 10.7. The minimum atomic E-state index is 0.550. The molecular formula is C38H22N4OS. The van der Waals surface area contributed by atoms with Gasteiger partial charge in [-0.05, 0) is 35.7 Å². The van der Waals surface area contributed by atoms with Crippen LogP contribution < -0.4 is 0 Å². The smallest absolute Gasteiger partial charge is 0.227 e. The molecule has 3 heterocycles. The van der Waals surface area contributed by atoms with Crippen LogP contribution in [-0.2, 0) is 0 Å². The van der Waals surface area contributed by atoms with E-state index < -0.39 is 0 Å². The number of nitrogens with zero attached hydrogens (tertiary/aromatic N) is 4. The summed E-state index contributed by atoms with van der Waals surface area (Å²) in [5, 5.41) is 4.37. The second kappa shape index (κ2) is 9.93. The summed E-state index contributed by atoms with van der Waals surface area (Å²) in [5.41, 5.74) is 5.04. The highest BCUT2D eigenvalue weighted by Crippen LogP contribution is 2.41. The third-order valence-electron chi connectivity index (χ3n) is 7.96. The highest BCUT2D eigenvalue weighted by Gasteiger charge is 2.21. The molecule has 0 amide bonds. The summed E-state index contributed by atoms with van der Waals surface area (Å²) in [4.78, 5) is 20.3. The van der Waals surface area contributed by atoms with Gasteiger partial charge in [0.15, 0.2) is 23.1 Å². The Morgan fingerprint density at radius 3 is 1.93 bits per heavy atom. The van der Waals surface area contributed by atoms with Gasteiger partial charge in [0.2, 0.25) is 5.89 Å². The average Bonchev–Trinajstić information content (AvgIpc) is 3.71. The summed E-state index contributed by atoms with van der Waals surface area (Å²) in [6.07, 6.45) is 0. The minimum absolute atomic E-state index is 0.550. The van der Waals surface area contributed by atoms with E-state index in [1.807, 2.05) is 72.8 Å². The summed E-state index contributed by atoms with van der Waals surface area (Å²) in [5.74, 6) is 2.34. The molecule has 9 rings (SSSR count). The van der Waals surface area contributed by atoms with E-state index in [0.29, 0.717) is 28.9 Å². The van der Waals surface area contributed by atoms with Gasteiger partial charge in [0.05, 0.1) is 0 Å². The van der Waals surface area contributed by atoms with Gasteiger partial charge in [-0.15, -0.1) is 11.3 Å². The lowest BCUT2D eigenvalue weighted by atomic mass is 10.0. The zero-order valence-corrected chi connectivity index (χ0v) is 24.1. The largest absolute Gasteiger partial charge is 0.435 e. The van der Waals surface area contributed by atoms with Crippen LogP contribution in [0.2, 0.25) is 0 Å². The molecule has 206 valence electrons. The first-order valence-corrected chi connectivity index (χ1v) is 15.2. The molecule has 3 aromatic heterocycles. The van der Waals surface area contributed by atoms with Crippen molar-refractivity contribution in [1.29, 1.82) is 0 Å². The Bertz CT molecular complexity index is 2500. The number of hydrogen-bond donors (Lipinski definition) is 0. The minimum Gasteiger partial charge on any atom is -0.435 e. The number of oxazole rings is 1. The number of rotatable bonds is 4. The lowest BCUT2D eigenvalue weighted by molar-refractivity contribution is 0.623. The fourth-order valence-electron chi connectivity index (χ4n) is 5.91. The van der Waals surface area contributed by atoms with Crippen molar-refractivity contribution < 1.29 is 4.42 Å². The summed E-state index contributed by atoms with van der Waals surface area (Å²) in [7, 11) is 0. The van der Waals surface area contributed by atoms with Crippen LogP contribution in [0.3, 0.4) is 0 Å². The number of thiophene rings is 1. The average molecular weight is 583 g/mol. The molecule has 0 aliphatic rings. The Balaban J connectivity index is 1.36. The van der Waals surface area contributed by atoms with Gasteiger partial charge in [-0.2, -0.15) is 0 Å². The zero-order valence-electron chi connectivity index (χ0n) is 23.3. The second-order valence-corrected chi connectivity index (χ2v) is 11.7. The first-order valence-electron chi connectivity index (χ1n) is 14.4. The summed E-state index contributed by atoms with van der Waals surface area (Å²) in [6, 6.07) is 45.2. The molecule has 6 aromatic carbocycles. The molecule has 0 N–H and O–H groups in total. The summed E-state index contributed by atoms with van der Waals surface area (Å²) < 4.78 is 8.91. The topological polar surface area (TPSA) is 64.7 Å². The molecule has 5 nitrogen and oxygen atoms in total. The van der Waals surface area contributed by atoms with E-state index >= 15 is 0 Å². The molecule has 0 aliphatic heterocycles. The van der Waals surface area contributed by atoms with Gasteiger partial charge in [-0.1, -0.05) is 103 Å². The highest BCUT2D eigenvalue weighted by molar-refractivity contribution is 7.25. The fraction of sp³-hybridized carbons (Fsp3) is 0. The van der Waals surface area contributed by atoms with Crippen molar-refractivity contribution >= 4 is 53.4 Å². The Kier molecular flexibility index (Phi) is 5.61. The molecule has 0 aliphatic carbocycles. The van der Waals surface area contributed by atoms with Crippen LogP contribution in [0.1, 0.15) is 0 Å². The van der Waals surface area contributed by atoms with Crippen molar-refractivity contribution in [3.05, 3.63) is 133 Å². The molecule has 9 aromatic rings. The molecular weight excluding hydrogens is 561 g/mol. The maximum atomic E-state index is 6.47. The SMILES string of the molecule is c1ccc(-c2nc(-c3cc4ccccc4c4oc(-c5ccccc5)nc34)nc(-c3cccc4sc5ccccc5c34)n2)cc1. The Labute approximate surface area is 256 Å². The molecule has 0 spiro atoms. The van der Waals surface area contributed by atoms with E-state index in [2.05, 4.69) is 60.7 Å². The maximum absolute atomic E-state index is 6.47. The Morgan fingerprint density at radius 1 is 0.477 bits per heavy atom. The first kappa shape index (κ1) is 24.8. The number of hydrogen-bond acceptors (Lipinski definition) is 6. The van der Waals surface area contributed by atoms with Crippen molar-refractivity contribution in [2.45, 2.75) is 0 Å². The van der Waals surface area contributed by atoms with Gasteiger partial charge in [-0.3, -0.25) is 0 Å². The summed E-state index contributed by atoms with van der Waals surface area (Å²) >= 11 is 1.78. The van der Waals surface area contributed by atoms with Crippen molar-refractivity contribution in [2.75, 3.05) is 0 Å². The predicted molar refractivity (Wildman–Crippen MR) is 180 cm³/mol. The summed E-state index contributed by atoms with van der Waals surface area (Å²) in [6.45, 7) is 0. The van der Waals surface area contributed by atoms with E-state index in [-0.39, 0.29) is 0 Å². The van der Waals surface area contributed by atoms with Crippen molar-refractivity contribution in [3.8, 4) is 45.6 Å². The predicted octanol–water partition coefficient (Wildman–Crippen LogP) is 10.2. The van der Waals surface area contributed by atoms with Crippen LogP contribution in [0.25, 0.3) is 87.7 Å². The molecule has 44 heavy (non-hydrogen) atoms.